The zero-order valence-electron chi connectivity index (χ0n) is 20.6. The van der Waals surface area contributed by atoms with Crippen molar-refractivity contribution in [2.75, 3.05) is 6.61 Å². The van der Waals surface area contributed by atoms with Gasteiger partial charge < -0.3 is 4.74 Å². The normalized spacial score (nSPS) is 24.9. The van der Waals surface area contributed by atoms with E-state index in [0.717, 1.165) is 42.6 Å². The van der Waals surface area contributed by atoms with Crippen molar-refractivity contribution >= 4 is 11.3 Å². The zero-order chi connectivity index (χ0) is 23.2. The minimum atomic E-state index is 0.520. The van der Waals surface area contributed by atoms with Gasteiger partial charge in [0.05, 0.1) is 0 Å². The van der Waals surface area contributed by atoms with Crippen molar-refractivity contribution in [1.82, 2.24) is 0 Å². The Hall–Kier alpha value is -2.61. The van der Waals surface area contributed by atoms with Gasteiger partial charge in [0, 0.05) is 23.4 Å². The monoisotopic (exact) mass is 441 g/mol. The van der Waals surface area contributed by atoms with E-state index in [1.54, 1.807) is 6.20 Å². The van der Waals surface area contributed by atoms with E-state index >= 15 is 0 Å². The smallest absolute Gasteiger partial charge is 0.120 e. The minimum absolute atomic E-state index is 0.520. The van der Waals surface area contributed by atoms with E-state index in [1.807, 2.05) is 0 Å². The van der Waals surface area contributed by atoms with Crippen molar-refractivity contribution < 1.29 is 4.74 Å². The lowest BCUT2D eigenvalue weighted by atomic mass is 9.66. The number of rotatable bonds is 10. The van der Waals surface area contributed by atoms with E-state index in [0.29, 0.717) is 12.5 Å². The Labute approximate surface area is 200 Å². The van der Waals surface area contributed by atoms with Gasteiger partial charge >= 0.3 is 0 Å². The summed E-state index contributed by atoms with van der Waals surface area (Å²) in [6.45, 7) is 11.3. The molecule has 2 heteroatoms. The summed E-state index contributed by atoms with van der Waals surface area (Å²) in [5.74, 6) is 3.13. The average Bonchev–Trinajstić information content (AvgIpc) is 3.15. The van der Waals surface area contributed by atoms with Crippen LogP contribution in [0.3, 0.4) is 0 Å². The van der Waals surface area contributed by atoms with Crippen molar-refractivity contribution in [3.8, 4) is 5.75 Å². The van der Waals surface area contributed by atoms with E-state index < -0.39 is 0 Å². The van der Waals surface area contributed by atoms with Crippen molar-refractivity contribution in [2.45, 2.75) is 65.7 Å². The van der Waals surface area contributed by atoms with Crippen molar-refractivity contribution in [3.05, 3.63) is 83.6 Å². The molecule has 0 N–H and O–H groups in total. The Morgan fingerprint density at radius 2 is 2.06 bits per heavy atom. The molecule has 0 aliphatic heterocycles. The molecule has 0 bridgehead atoms. The Morgan fingerprint density at radius 3 is 2.76 bits per heavy atom. The van der Waals surface area contributed by atoms with Crippen molar-refractivity contribution in [3.63, 3.8) is 0 Å². The molecule has 1 unspecified atom stereocenters. The maximum atomic E-state index is 6.18. The molecule has 3 aliphatic carbocycles. The molecule has 1 aromatic carbocycles. The fourth-order valence-electron chi connectivity index (χ4n) is 5.74. The Kier molecular flexibility index (Phi) is 7.85. The minimum Gasteiger partial charge on any atom is -0.489 e. The lowest BCUT2D eigenvalue weighted by Gasteiger charge is -2.39. The van der Waals surface area contributed by atoms with Gasteiger partial charge in [0.2, 0.25) is 0 Å². The molecule has 33 heavy (non-hydrogen) atoms. The molecule has 1 atom stereocenters. The van der Waals surface area contributed by atoms with Gasteiger partial charge in [-0.2, -0.15) is 0 Å². The van der Waals surface area contributed by atoms with Crippen LogP contribution in [0, 0.1) is 17.8 Å². The molecule has 0 saturated heterocycles. The predicted molar refractivity (Wildman–Crippen MR) is 142 cm³/mol. The van der Waals surface area contributed by atoms with E-state index in [4.69, 9.17) is 4.74 Å². The van der Waals surface area contributed by atoms with E-state index in [1.165, 1.54) is 53.5 Å². The number of allylic oxidation sites excluding steroid dienone is 6. The molecule has 0 heterocycles. The number of benzene rings is 1. The molecule has 0 spiro atoms. The summed E-state index contributed by atoms with van der Waals surface area (Å²) in [5.41, 5.74) is 7.77. The number of nitrogens with zero attached hydrogens (tertiary/aromatic N) is 1. The highest BCUT2D eigenvalue weighted by Gasteiger charge is 2.38. The highest BCUT2D eigenvalue weighted by Crippen LogP contribution is 2.50. The second-order valence-electron chi connectivity index (χ2n) is 9.74. The first-order chi connectivity index (χ1) is 16.1. The van der Waals surface area contributed by atoms with Gasteiger partial charge in [-0.15, -0.1) is 0 Å². The molecule has 0 aromatic heterocycles. The first kappa shape index (κ1) is 23.5. The molecular formula is C31H39NO. The van der Waals surface area contributed by atoms with Gasteiger partial charge in [0.1, 0.15) is 12.4 Å². The van der Waals surface area contributed by atoms with Gasteiger partial charge in [0.25, 0.3) is 0 Å². The first-order valence-corrected chi connectivity index (χ1v) is 12.8. The molecule has 1 fully saturated rings. The van der Waals surface area contributed by atoms with Gasteiger partial charge in [0.15, 0.2) is 0 Å². The SMILES string of the molecule is C=CN=C(CC)C1=C(C)C(C2CC(CCC)C2)C=C1c1cccc(OCC2=CCCC=C2)c1. The molecule has 0 radical (unpaired) electrons. The van der Waals surface area contributed by atoms with E-state index in [9.17, 15) is 0 Å². The van der Waals surface area contributed by atoms with Crippen LogP contribution in [0.4, 0.5) is 0 Å². The van der Waals surface area contributed by atoms with Crippen LogP contribution in [-0.2, 0) is 0 Å². The van der Waals surface area contributed by atoms with E-state index in [-0.39, 0.29) is 0 Å². The molecule has 2 nitrogen and oxygen atoms in total. The lowest BCUT2D eigenvalue weighted by Crippen LogP contribution is -2.29. The third kappa shape index (κ3) is 5.32. The highest BCUT2D eigenvalue weighted by molar-refractivity contribution is 6.15. The standard InChI is InChI=1S/C31H39NO/c1-5-12-24-17-26(18-24)28-20-29(31(22(28)4)30(6-2)32-7-3)25-15-11-16-27(19-25)33-21-23-13-9-8-10-14-23/h7,9,11,13-16,19-20,24,26,28H,3,5-6,8,10,12,17-18,21H2,1-2,4H3. The topological polar surface area (TPSA) is 21.6 Å². The summed E-state index contributed by atoms with van der Waals surface area (Å²) >= 11 is 0. The maximum absolute atomic E-state index is 6.18. The average molecular weight is 442 g/mol. The third-order valence-electron chi connectivity index (χ3n) is 7.48. The van der Waals surface area contributed by atoms with Crippen molar-refractivity contribution in [2.24, 2.45) is 22.7 Å². The molecule has 1 aromatic rings. The van der Waals surface area contributed by atoms with Crippen LogP contribution in [0.25, 0.3) is 5.57 Å². The lowest BCUT2D eigenvalue weighted by molar-refractivity contribution is 0.152. The van der Waals surface area contributed by atoms with Crippen LogP contribution in [0.2, 0.25) is 0 Å². The maximum Gasteiger partial charge on any atom is 0.120 e. The van der Waals surface area contributed by atoms with Gasteiger partial charge in [-0.3, -0.25) is 4.99 Å². The fourth-order valence-corrected chi connectivity index (χ4v) is 5.74. The summed E-state index contributed by atoms with van der Waals surface area (Å²) in [7, 11) is 0. The Morgan fingerprint density at radius 1 is 1.21 bits per heavy atom. The summed E-state index contributed by atoms with van der Waals surface area (Å²) in [4.78, 5) is 4.69. The van der Waals surface area contributed by atoms with Crippen molar-refractivity contribution in [1.29, 1.82) is 0 Å². The zero-order valence-corrected chi connectivity index (χ0v) is 20.6. The van der Waals surface area contributed by atoms with E-state index in [2.05, 4.69) is 80.9 Å². The number of aliphatic imine (C=N–C) groups is 1. The fraction of sp³-hybridized carbons (Fsp3) is 0.452. The van der Waals surface area contributed by atoms with Crippen LogP contribution >= 0.6 is 0 Å². The second kappa shape index (κ2) is 11.0. The Balaban J connectivity index is 1.60. The molecule has 4 rings (SSSR count). The predicted octanol–water partition coefficient (Wildman–Crippen LogP) is 8.49. The molecule has 174 valence electrons. The quantitative estimate of drug-likeness (QED) is 0.334. The second-order valence-corrected chi connectivity index (χ2v) is 9.74. The first-order valence-electron chi connectivity index (χ1n) is 12.8. The van der Waals surface area contributed by atoms with Crippen LogP contribution < -0.4 is 4.74 Å². The largest absolute Gasteiger partial charge is 0.489 e. The van der Waals surface area contributed by atoms with Crippen LogP contribution in [0.5, 0.6) is 5.75 Å². The Bertz CT molecular complexity index is 1010. The molecule has 3 aliphatic rings. The van der Waals surface area contributed by atoms with Crippen LogP contribution in [-0.4, -0.2) is 12.3 Å². The van der Waals surface area contributed by atoms with Crippen LogP contribution in [0.1, 0.15) is 71.3 Å². The molecular weight excluding hydrogens is 402 g/mol. The highest BCUT2D eigenvalue weighted by atomic mass is 16.5. The number of ether oxygens (including phenoxy) is 1. The molecule has 0 amide bonds. The van der Waals surface area contributed by atoms with Gasteiger partial charge in [-0.25, -0.2) is 0 Å². The van der Waals surface area contributed by atoms with Gasteiger partial charge in [-0.05, 0) is 79.7 Å². The summed E-state index contributed by atoms with van der Waals surface area (Å²) in [6.07, 6.45) is 19.5. The molecule has 1 saturated carbocycles. The van der Waals surface area contributed by atoms with Crippen LogP contribution in [0.15, 0.2) is 83.1 Å². The summed E-state index contributed by atoms with van der Waals surface area (Å²) in [6, 6.07) is 8.61. The third-order valence-corrected chi connectivity index (χ3v) is 7.48. The summed E-state index contributed by atoms with van der Waals surface area (Å²) in [5, 5.41) is 0. The van der Waals surface area contributed by atoms with Gasteiger partial charge in [-0.1, -0.05) is 75.3 Å². The number of hydrogen-bond acceptors (Lipinski definition) is 2. The number of hydrogen-bond donors (Lipinski definition) is 0. The summed E-state index contributed by atoms with van der Waals surface area (Å²) < 4.78 is 6.18.